The third-order valence-electron chi connectivity index (χ3n) is 4.38. The van der Waals surface area contributed by atoms with Crippen molar-refractivity contribution in [3.63, 3.8) is 0 Å². The minimum Gasteiger partial charge on any atom is -0.371 e. The van der Waals surface area contributed by atoms with Gasteiger partial charge in [-0.2, -0.15) is 0 Å². The van der Waals surface area contributed by atoms with Crippen LogP contribution in [0.3, 0.4) is 0 Å². The van der Waals surface area contributed by atoms with E-state index >= 15 is 0 Å². The van der Waals surface area contributed by atoms with Gasteiger partial charge in [0.25, 0.3) is 0 Å². The van der Waals surface area contributed by atoms with E-state index in [9.17, 15) is 4.39 Å². The standard InChI is InChI=1S/C16H25FN2/c1-2-19(16-9-5-8-15(17)10-16)12-14-7-4-3-6-13(14)11-18/h5,8-10,13-14H,2-4,6-7,11-12,18H2,1H3. The molecule has 1 aromatic carbocycles. The molecule has 2 N–H and O–H groups in total. The average molecular weight is 264 g/mol. The monoisotopic (exact) mass is 264 g/mol. The Morgan fingerprint density at radius 3 is 2.63 bits per heavy atom. The Hall–Kier alpha value is -1.09. The van der Waals surface area contributed by atoms with Gasteiger partial charge in [0, 0.05) is 18.8 Å². The molecule has 106 valence electrons. The predicted octanol–water partition coefficient (Wildman–Crippen LogP) is 3.42. The maximum atomic E-state index is 13.3. The van der Waals surface area contributed by atoms with Crippen molar-refractivity contribution in [3.8, 4) is 0 Å². The van der Waals surface area contributed by atoms with E-state index < -0.39 is 0 Å². The van der Waals surface area contributed by atoms with Crippen LogP contribution in [0, 0.1) is 17.7 Å². The largest absolute Gasteiger partial charge is 0.371 e. The molecular formula is C16H25FN2. The van der Waals surface area contributed by atoms with Gasteiger partial charge in [-0.3, -0.25) is 0 Å². The highest BCUT2D eigenvalue weighted by atomic mass is 19.1. The number of hydrogen-bond acceptors (Lipinski definition) is 2. The molecule has 0 aromatic heterocycles. The molecule has 1 aliphatic carbocycles. The molecular weight excluding hydrogens is 239 g/mol. The van der Waals surface area contributed by atoms with Crippen molar-refractivity contribution in [2.75, 3.05) is 24.5 Å². The third kappa shape index (κ3) is 3.69. The Morgan fingerprint density at radius 2 is 2.00 bits per heavy atom. The molecule has 2 unspecified atom stereocenters. The summed E-state index contributed by atoms with van der Waals surface area (Å²) in [5.74, 6) is 1.13. The van der Waals surface area contributed by atoms with E-state index in [1.54, 1.807) is 12.1 Å². The van der Waals surface area contributed by atoms with E-state index in [1.165, 1.54) is 31.7 Å². The van der Waals surface area contributed by atoms with Gasteiger partial charge in [0.2, 0.25) is 0 Å². The zero-order valence-corrected chi connectivity index (χ0v) is 11.8. The van der Waals surface area contributed by atoms with Crippen LogP contribution in [-0.2, 0) is 0 Å². The lowest BCUT2D eigenvalue weighted by Crippen LogP contribution is -2.37. The molecule has 2 rings (SSSR count). The first kappa shape index (κ1) is 14.3. The van der Waals surface area contributed by atoms with Crippen LogP contribution in [-0.4, -0.2) is 19.6 Å². The molecule has 0 heterocycles. The summed E-state index contributed by atoms with van der Waals surface area (Å²) in [6.45, 7) is 4.83. The first-order valence-corrected chi connectivity index (χ1v) is 7.45. The van der Waals surface area contributed by atoms with Crippen LogP contribution in [0.4, 0.5) is 10.1 Å². The fraction of sp³-hybridized carbons (Fsp3) is 0.625. The van der Waals surface area contributed by atoms with Gasteiger partial charge in [0.05, 0.1) is 0 Å². The van der Waals surface area contributed by atoms with Crippen LogP contribution in [0.5, 0.6) is 0 Å². The zero-order valence-electron chi connectivity index (χ0n) is 11.8. The lowest BCUT2D eigenvalue weighted by atomic mass is 9.79. The van der Waals surface area contributed by atoms with Crippen LogP contribution in [0.1, 0.15) is 32.6 Å². The van der Waals surface area contributed by atoms with Crippen LogP contribution >= 0.6 is 0 Å². The maximum Gasteiger partial charge on any atom is 0.125 e. The van der Waals surface area contributed by atoms with Gasteiger partial charge in [-0.15, -0.1) is 0 Å². The highest BCUT2D eigenvalue weighted by molar-refractivity contribution is 5.46. The molecule has 0 amide bonds. The second-order valence-corrected chi connectivity index (χ2v) is 5.56. The first-order chi connectivity index (χ1) is 9.24. The van der Waals surface area contributed by atoms with Gasteiger partial charge in [0.15, 0.2) is 0 Å². The Morgan fingerprint density at radius 1 is 1.26 bits per heavy atom. The van der Waals surface area contributed by atoms with Crippen molar-refractivity contribution in [2.24, 2.45) is 17.6 Å². The van der Waals surface area contributed by atoms with E-state index in [4.69, 9.17) is 5.73 Å². The lowest BCUT2D eigenvalue weighted by Gasteiger charge is -2.35. The van der Waals surface area contributed by atoms with Crippen LogP contribution in [0.15, 0.2) is 24.3 Å². The highest BCUT2D eigenvalue weighted by Crippen LogP contribution is 2.31. The Labute approximate surface area is 115 Å². The van der Waals surface area contributed by atoms with Gasteiger partial charge in [-0.1, -0.05) is 18.9 Å². The van der Waals surface area contributed by atoms with E-state index in [2.05, 4.69) is 11.8 Å². The van der Waals surface area contributed by atoms with E-state index in [-0.39, 0.29) is 5.82 Å². The molecule has 19 heavy (non-hydrogen) atoms. The SMILES string of the molecule is CCN(CC1CCCCC1CN)c1cccc(F)c1. The summed E-state index contributed by atoms with van der Waals surface area (Å²) in [4.78, 5) is 2.28. The lowest BCUT2D eigenvalue weighted by molar-refractivity contribution is 0.246. The second-order valence-electron chi connectivity index (χ2n) is 5.56. The Balaban J connectivity index is 2.05. The average Bonchev–Trinajstić information content (AvgIpc) is 2.45. The minimum absolute atomic E-state index is 0.157. The molecule has 2 atom stereocenters. The fourth-order valence-corrected chi connectivity index (χ4v) is 3.21. The first-order valence-electron chi connectivity index (χ1n) is 7.45. The van der Waals surface area contributed by atoms with Crippen molar-refractivity contribution in [2.45, 2.75) is 32.6 Å². The Kier molecular flexibility index (Phi) is 5.20. The quantitative estimate of drug-likeness (QED) is 0.883. The van der Waals surface area contributed by atoms with Gasteiger partial charge < -0.3 is 10.6 Å². The molecule has 1 aromatic rings. The molecule has 0 spiro atoms. The highest BCUT2D eigenvalue weighted by Gasteiger charge is 2.25. The number of rotatable bonds is 5. The molecule has 0 saturated heterocycles. The van der Waals surface area contributed by atoms with E-state index in [0.717, 1.165) is 25.3 Å². The maximum absolute atomic E-state index is 13.3. The molecule has 0 aliphatic heterocycles. The number of hydrogen-bond donors (Lipinski definition) is 1. The summed E-state index contributed by atoms with van der Waals surface area (Å²) < 4.78 is 13.3. The molecule has 0 radical (unpaired) electrons. The van der Waals surface area contributed by atoms with E-state index in [1.807, 2.05) is 6.07 Å². The third-order valence-corrected chi connectivity index (χ3v) is 4.38. The molecule has 1 aliphatic rings. The van der Waals surface area contributed by atoms with Crippen molar-refractivity contribution in [1.82, 2.24) is 0 Å². The van der Waals surface area contributed by atoms with Crippen LogP contribution in [0.2, 0.25) is 0 Å². The Bertz CT molecular complexity index is 394. The van der Waals surface area contributed by atoms with Gasteiger partial charge in [-0.05, 0) is 56.3 Å². The number of nitrogens with two attached hydrogens (primary N) is 1. The summed E-state index contributed by atoms with van der Waals surface area (Å²) in [7, 11) is 0. The molecule has 3 heteroatoms. The van der Waals surface area contributed by atoms with Crippen LogP contribution < -0.4 is 10.6 Å². The number of halogens is 1. The molecule has 2 nitrogen and oxygen atoms in total. The molecule has 1 saturated carbocycles. The summed E-state index contributed by atoms with van der Waals surface area (Å²) >= 11 is 0. The van der Waals surface area contributed by atoms with Gasteiger partial charge in [-0.25, -0.2) is 4.39 Å². The van der Waals surface area contributed by atoms with Crippen molar-refractivity contribution < 1.29 is 4.39 Å². The van der Waals surface area contributed by atoms with Gasteiger partial charge in [0.1, 0.15) is 5.82 Å². The van der Waals surface area contributed by atoms with Crippen molar-refractivity contribution in [1.29, 1.82) is 0 Å². The minimum atomic E-state index is -0.157. The molecule has 1 fully saturated rings. The smallest absolute Gasteiger partial charge is 0.125 e. The second kappa shape index (κ2) is 6.90. The predicted molar refractivity (Wildman–Crippen MR) is 78.8 cm³/mol. The summed E-state index contributed by atoms with van der Waals surface area (Å²) in [6, 6.07) is 6.91. The molecule has 0 bridgehead atoms. The van der Waals surface area contributed by atoms with Gasteiger partial charge >= 0.3 is 0 Å². The number of benzene rings is 1. The van der Waals surface area contributed by atoms with E-state index in [0.29, 0.717) is 11.8 Å². The summed E-state index contributed by atoms with van der Waals surface area (Å²) in [5, 5.41) is 0. The normalized spacial score (nSPS) is 23.3. The topological polar surface area (TPSA) is 29.3 Å². The number of nitrogens with zero attached hydrogens (tertiary/aromatic N) is 1. The van der Waals surface area contributed by atoms with Crippen molar-refractivity contribution in [3.05, 3.63) is 30.1 Å². The number of anilines is 1. The summed E-state index contributed by atoms with van der Waals surface area (Å²) in [5.41, 5.74) is 6.88. The zero-order chi connectivity index (χ0) is 13.7. The van der Waals surface area contributed by atoms with Crippen molar-refractivity contribution >= 4 is 5.69 Å². The fourth-order valence-electron chi connectivity index (χ4n) is 3.21. The summed E-state index contributed by atoms with van der Waals surface area (Å²) in [6.07, 6.45) is 5.13. The van der Waals surface area contributed by atoms with Crippen LogP contribution in [0.25, 0.3) is 0 Å².